The Labute approximate surface area is 192 Å². The van der Waals surface area contributed by atoms with Gasteiger partial charge in [0, 0.05) is 31.2 Å². The molecule has 3 aromatic rings. The van der Waals surface area contributed by atoms with Crippen LogP contribution >= 0.6 is 11.3 Å². The van der Waals surface area contributed by atoms with E-state index in [2.05, 4.69) is 49.5 Å². The minimum Gasteiger partial charge on any atom is -0.371 e. The average molecular weight is 452 g/mol. The first-order valence-electron chi connectivity index (χ1n) is 11.5. The van der Waals surface area contributed by atoms with Crippen LogP contribution in [-0.4, -0.2) is 53.7 Å². The van der Waals surface area contributed by atoms with Gasteiger partial charge >= 0.3 is 0 Å². The van der Waals surface area contributed by atoms with Crippen LogP contribution in [0.4, 0.5) is 5.69 Å². The van der Waals surface area contributed by atoms with Crippen molar-refractivity contribution in [2.24, 2.45) is 5.92 Å². The highest BCUT2D eigenvalue weighted by Gasteiger charge is 2.26. The van der Waals surface area contributed by atoms with Crippen LogP contribution in [0.1, 0.15) is 30.7 Å². The first-order chi connectivity index (χ1) is 15.8. The van der Waals surface area contributed by atoms with E-state index in [1.54, 1.807) is 11.3 Å². The molecule has 32 heavy (non-hydrogen) atoms. The lowest BCUT2D eigenvalue weighted by atomic mass is 9.96. The van der Waals surface area contributed by atoms with Crippen molar-refractivity contribution >= 4 is 22.9 Å². The van der Waals surface area contributed by atoms with Gasteiger partial charge in [0.1, 0.15) is 0 Å². The summed E-state index contributed by atoms with van der Waals surface area (Å²) in [5.74, 6) is 1.59. The summed E-state index contributed by atoms with van der Waals surface area (Å²) in [7, 11) is 0. The zero-order valence-corrected chi connectivity index (χ0v) is 19.0. The SMILES string of the molecule is O=C(NCCCN1CCc2ccccc21)C1CCN(Cc2nc(-c3cccs3)no2)CC1. The highest BCUT2D eigenvalue weighted by molar-refractivity contribution is 7.13. The van der Waals surface area contributed by atoms with Gasteiger partial charge in [-0.25, -0.2) is 0 Å². The van der Waals surface area contributed by atoms with Gasteiger partial charge in [-0.1, -0.05) is 29.4 Å². The quantitative estimate of drug-likeness (QED) is 0.528. The van der Waals surface area contributed by atoms with Crippen LogP contribution in [0.2, 0.25) is 0 Å². The highest BCUT2D eigenvalue weighted by atomic mass is 32.1. The van der Waals surface area contributed by atoms with Gasteiger partial charge in [-0.3, -0.25) is 9.69 Å². The molecule has 168 valence electrons. The first kappa shape index (κ1) is 21.2. The summed E-state index contributed by atoms with van der Waals surface area (Å²) < 4.78 is 5.42. The van der Waals surface area contributed by atoms with E-state index in [9.17, 15) is 4.79 Å². The number of para-hydroxylation sites is 1. The molecule has 0 aliphatic carbocycles. The number of benzene rings is 1. The summed E-state index contributed by atoms with van der Waals surface area (Å²) in [6.07, 6.45) is 3.84. The van der Waals surface area contributed by atoms with Crippen molar-refractivity contribution < 1.29 is 9.32 Å². The Bertz CT molecular complexity index is 1030. The number of piperidine rings is 1. The number of thiophene rings is 1. The van der Waals surface area contributed by atoms with Gasteiger partial charge in [0.05, 0.1) is 11.4 Å². The Morgan fingerprint density at radius 1 is 1.16 bits per heavy atom. The average Bonchev–Trinajstić information content (AvgIpc) is 3.58. The Balaban J connectivity index is 1.01. The van der Waals surface area contributed by atoms with Crippen molar-refractivity contribution in [3.63, 3.8) is 0 Å². The van der Waals surface area contributed by atoms with Gasteiger partial charge in [0.25, 0.3) is 0 Å². The van der Waals surface area contributed by atoms with E-state index in [0.717, 1.165) is 63.3 Å². The molecule has 2 aliphatic rings. The van der Waals surface area contributed by atoms with Gasteiger partial charge in [-0.2, -0.15) is 4.98 Å². The third-order valence-corrected chi connectivity index (χ3v) is 7.28. The number of hydrogen-bond donors (Lipinski definition) is 1. The van der Waals surface area contributed by atoms with Crippen molar-refractivity contribution in [2.45, 2.75) is 32.2 Å². The summed E-state index contributed by atoms with van der Waals surface area (Å²) in [6, 6.07) is 12.6. The molecule has 0 spiro atoms. The van der Waals surface area contributed by atoms with E-state index in [1.807, 2.05) is 17.5 Å². The summed E-state index contributed by atoms with van der Waals surface area (Å²) in [5.41, 5.74) is 2.79. The number of amides is 1. The van der Waals surface area contributed by atoms with Gasteiger partial charge in [-0.05, 0) is 61.8 Å². The Morgan fingerprint density at radius 3 is 2.88 bits per heavy atom. The van der Waals surface area contributed by atoms with E-state index >= 15 is 0 Å². The van der Waals surface area contributed by atoms with Crippen molar-refractivity contribution in [2.75, 3.05) is 37.6 Å². The summed E-state index contributed by atoms with van der Waals surface area (Å²) in [6.45, 7) is 5.21. The lowest BCUT2D eigenvalue weighted by molar-refractivity contribution is -0.126. The van der Waals surface area contributed by atoms with E-state index in [0.29, 0.717) is 18.3 Å². The number of likely N-dealkylation sites (tertiary alicyclic amines) is 1. The molecule has 1 aromatic carbocycles. The molecule has 1 N–H and O–H groups in total. The molecule has 5 rings (SSSR count). The molecule has 1 fully saturated rings. The third-order valence-electron chi connectivity index (χ3n) is 6.41. The lowest BCUT2D eigenvalue weighted by Crippen LogP contribution is -2.40. The van der Waals surface area contributed by atoms with Crippen molar-refractivity contribution in [3.8, 4) is 10.7 Å². The third kappa shape index (κ3) is 4.86. The molecule has 0 saturated carbocycles. The van der Waals surface area contributed by atoms with Gasteiger partial charge < -0.3 is 14.7 Å². The van der Waals surface area contributed by atoms with E-state index in [4.69, 9.17) is 4.52 Å². The van der Waals surface area contributed by atoms with Crippen LogP contribution in [0.5, 0.6) is 0 Å². The maximum Gasteiger partial charge on any atom is 0.241 e. The van der Waals surface area contributed by atoms with Crippen LogP contribution in [-0.2, 0) is 17.8 Å². The van der Waals surface area contributed by atoms with Crippen LogP contribution in [0.25, 0.3) is 10.7 Å². The molecule has 0 unspecified atom stereocenters. The number of nitrogens with one attached hydrogen (secondary N) is 1. The molecular formula is C24H29N5O2S. The predicted octanol–water partition coefficient (Wildman–Crippen LogP) is 3.58. The molecule has 4 heterocycles. The predicted molar refractivity (Wildman–Crippen MR) is 126 cm³/mol. The molecule has 0 atom stereocenters. The summed E-state index contributed by atoms with van der Waals surface area (Å²) in [4.78, 5) is 22.9. The largest absolute Gasteiger partial charge is 0.371 e. The summed E-state index contributed by atoms with van der Waals surface area (Å²) in [5, 5.41) is 9.25. The molecular weight excluding hydrogens is 422 g/mol. The number of anilines is 1. The number of aromatic nitrogens is 2. The zero-order valence-electron chi connectivity index (χ0n) is 18.2. The minimum atomic E-state index is 0.100. The number of carbonyl (C=O) groups excluding carboxylic acids is 1. The highest BCUT2D eigenvalue weighted by Crippen LogP contribution is 2.27. The number of hydrogen-bond acceptors (Lipinski definition) is 7. The normalized spacial score (nSPS) is 16.9. The van der Waals surface area contributed by atoms with Crippen LogP contribution in [0, 0.1) is 5.92 Å². The monoisotopic (exact) mass is 451 g/mol. The van der Waals surface area contributed by atoms with E-state index < -0.39 is 0 Å². The molecule has 1 amide bonds. The molecule has 0 bridgehead atoms. The number of fused-ring (bicyclic) bond motifs is 1. The topological polar surface area (TPSA) is 74.5 Å². The lowest BCUT2D eigenvalue weighted by Gasteiger charge is -2.30. The summed E-state index contributed by atoms with van der Waals surface area (Å²) >= 11 is 1.61. The van der Waals surface area contributed by atoms with Crippen LogP contribution in [0.15, 0.2) is 46.3 Å². The smallest absolute Gasteiger partial charge is 0.241 e. The minimum absolute atomic E-state index is 0.100. The van der Waals surface area contributed by atoms with Gasteiger partial charge in [0.2, 0.25) is 17.6 Å². The maximum absolute atomic E-state index is 12.6. The molecule has 1 saturated heterocycles. The zero-order chi connectivity index (χ0) is 21.8. The molecule has 0 radical (unpaired) electrons. The fourth-order valence-corrected chi connectivity index (χ4v) is 5.28. The van der Waals surface area contributed by atoms with Crippen LogP contribution in [0.3, 0.4) is 0 Å². The number of rotatable bonds is 8. The van der Waals surface area contributed by atoms with Crippen molar-refractivity contribution in [1.29, 1.82) is 0 Å². The Morgan fingerprint density at radius 2 is 2.03 bits per heavy atom. The fraction of sp³-hybridized carbons (Fsp3) is 0.458. The standard InChI is InChI=1S/C24H29N5O2S/c30-24(25-11-4-12-29-15-10-18-5-1-2-6-20(18)29)19-8-13-28(14-9-19)17-22-26-23(27-31-22)21-7-3-16-32-21/h1-3,5-7,16,19H,4,8-15,17H2,(H,25,30). The van der Waals surface area contributed by atoms with Gasteiger partial charge in [-0.15, -0.1) is 11.3 Å². The number of nitrogens with zero attached hydrogens (tertiary/aromatic N) is 4. The molecule has 8 heteroatoms. The first-order valence-corrected chi connectivity index (χ1v) is 12.3. The molecule has 2 aromatic heterocycles. The van der Waals surface area contributed by atoms with E-state index in [-0.39, 0.29) is 11.8 Å². The molecule has 2 aliphatic heterocycles. The number of carbonyl (C=O) groups is 1. The fourth-order valence-electron chi connectivity index (χ4n) is 4.63. The second-order valence-corrected chi connectivity index (χ2v) is 9.50. The van der Waals surface area contributed by atoms with Crippen LogP contribution < -0.4 is 10.2 Å². The maximum atomic E-state index is 12.6. The van der Waals surface area contributed by atoms with Crippen molar-refractivity contribution in [3.05, 3.63) is 53.2 Å². The second-order valence-electron chi connectivity index (χ2n) is 8.55. The van der Waals surface area contributed by atoms with Crippen molar-refractivity contribution in [1.82, 2.24) is 20.4 Å². The Hall–Kier alpha value is -2.71. The van der Waals surface area contributed by atoms with Gasteiger partial charge in [0.15, 0.2) is 0 Å². The van der Waals surface area contributed by atoms with E-state index in [1.165, 1.54) is 11.3 Å². The Kier molecular flexibility index (Phi) is 6.50. The second kappa shape index (κ2) is 9.83. The molecule has 7 nitrogen and oxygen atoms in total.